The lowest BCUT2D eigenvalue weighted by atomic mass is 10.1. The summed E-state index contributed by atoms with van der Waals surface area (Å²) in [6.45, 7) is 7.24. The Morgan fingerprint density at radius 3 is 2.83 bits per heavy atom. The van der Waals surface area contributed by atoms with Gasteiger partial charge >= 0.3 is 0 Å². The monoisotopic (exact) mass is 308 g/mol. The molecule has 0 aliphatic rings. The Kier molecular flexibility index (Phi) is 4.10. The van der Waals surface area contributed by atoms with Crippen molar-refractivity contribution in [3.05, 3.63) is 63.7 Å². The van der Waals surface area contributed by atoms with Crippen LogP contribution in [0, 0.1) is 13.8 Å². The average Bonchev–Trinajstić information content (AvgIpc) is 2.56. The lowest BCUT2D eigenvalue weighted by molar-refractivity contribution is 0.752. The highest BCUT2D eigenvalue weighted by Crippen LogP contribution is 2.14. The molecule has 0 fully saturated rings. The molecular formula is C18H20N4O. The minimum absolute atomic E-state index is 0.113. The Morgan fingerprint density at radius 2 is 2.04 bits per heavy atom. The normalized spacial score (nSPS) is 10.9. The minimum atomic E-state index is -0.113. The summed E-state index contributed by atoms with van der Waals surface area (Å²) in [6, 6.07) is 8.13. The molecular weight excluding hydrogens is 288 g/mol. The molecule has 0 spiro atoms. The summed E-state index contributed by atoms with van der Waals surface area (Å²) in [5.74, 6) is 0.381. The summed E-state index contributed by atoms with van der Waals surface area (Å²) in [6.07, 6.45) is 3.37. The first kappa shape index (κ1) is 15.2. The molecule has 0 aliphatic heterocycles. The molecule has 0 bridgehead atoms. The van der Waals surface area contributed by atoms with Crippen molar-refractivity contribution in [2.24, 2.45) is 0 Å². The minimum Gasteiger partial charge on any atom is -0.361 e. The average molecular weight is 308 g/mol. The molecule has 0 atom stereocenters. The molecule has 2 aromatic heterocycles. The van der Waals surface area contributed by atoms with E-state index in [1.165, 1.54) is 16.7 Å². The summed E-state index contributed by atoms with van der Waals surface area (Å²) in [4.78, 5) is 21.2. The number of aryl methyl sites for hydroxylation is 3. The van der Waals surface area contributed by atoms with Crippen LogP contribution in [0.25, 0.3) is 11.0 Å². The van der Waals surface area contributed by atoms with Gasteiger partial charge in [0.2, 0.25) is 0 Å². The second-order valence-corrected chi connectivity index (χ2v) is 5.66. The summed E-state index contributed by atoms with van der Waals surface area (Å²) in [5.41, 5.74) is 4.99. The number of hydrogen-bond acceptors (Lipinski definition) is 4. The zero-order chi connectivity index (χ0) is 16.4. The van der Waals surface area contributed by atoms with Crippen molar-refractivity contribution in [3.8, 4) is 0 Å². The largest absolute Gasteiger partial charge is 0.361 e. The van der Waals surface area contributed by atoms with Crippen LogP contribution < -0.4 is 10.9 Å². The number of pyridine rings is 1. The van der Waals surface area contributed by atoms with E-state index in [4.69, 9.17) is 0 Å². The number of nitrogens with zero attached hydrogens (tertiary/aromatic N) is 3. The number of aromatic nitrogens is 3. The fourth-order valence-electron chi connectivity index (χ4n) is 2.69. The molecule has 1 N–H and O–H groups in total. The maximum absolute atomic E-state index is 12.6. The van der Waals surface area contributed by atoms with Gasteiger partial charge in [0.25, 0.3) is 5.56 Å². The highest BCUT2D eigenvalue weighted by molar-refractivity contribution is 5.75. The Hall–Kier alpha value is -2.69. The molecule has 0 unspecified atom stereocenters. The van der Waals surface area contributed by atoms with E-state index in [9.17, 15) is 4.79 Å². The van der Waals surface area contributed by atoms with Crippen LogP contribution >= 0.6 is 0 Å². The maximum Gasteiger partial charge on any atom is 0.293 e. The van der Waals surface area contributed by atoms with Crippen LogP contribution in [0.2, 0.25) is 0 Å². The summed E-state index contributed by atoms with van der Waals surface area (Å²) in [5, 5.41) is 3.20. The van der Waals surface area contributed by atoms with E-state index < -0.39 is 0 Å². The number of hydrogen-bond donors (Lipinski definition) is 1. The first-order valence-electron chi connectivity index (χ1n) is 7.74. The van der Waals surface area contributed by atoms with Gasteiger partial charge in [-0.05, 0) is 38.0 Å². The molecule has 3 rings (SSSR count). The van der Waals surface area contributed by atoms with Crippen molar-refractivity contribution < 1.29 is 0 Å². The van der Waals surface area contributed by atoms with Crippen LogP contribution in [-0.2, 0) is 13.1 Å². The van der Waals surface area contributed by atoms with E-state index in [1.807, 2.05) is 13.0 Å². The van der Waals surface area contributed by atoms with Gasteiger partial charge in [0.15, 0.2) is 5.82 Å². The fourth-order valence-corrected chi connectivity index (χ4v) is 2.69. The predicted molar refractivity (Wildman–Crippen MR) is 92.7 cm³/mol. The van der Waals surface area contributed by atoms with Crippen molar-refractivity contribution >= 4 is 16.9 Å². The second kappa shape index (κ2) is 6.20. The summed E-state index contributed by atoms with van der Waals surface area (Å²) >= 11 is 0. The van der Waals surface area contributed by atoms with Crippen molar-refractivity contribution in [1.82, 2.24) is 14.5 Å². The van der Waals surface area contributed by atoms with E-state index in [0.717, 1.165) is 11.0 Å². The lowest BCUT2D eigenvalue weighted by Crippen LogP contribution is -2.25. The Labute approximate surface area is 135 Å². The zero-order valence-corrected chi connectivity index (χ0v) is 13.6. The van der Waals surface area contributed by atoms with E-state index in [2.05, 4.69) is 47.3 Å². The summed E-state index contributed by atoms with van der Waals surface area (Å²) < 4.78 is 1.70. The quantitative estimate of drug-likeness (QED) is 0.805. The van der Waals surface area contributed by atoms with Crippen molar-refractivity contribution in [1.29, 1.82) is 0 Å². The number of benzene rings is 1. The van der Waals surface area contributed by atoms with Crippen molar-refractivity contribution in [2.45, 2.75) is 33.9 Å². The first-order valence-corrected chi connectivity index (χ1v) is 7.74. The Morgan fingerprint density at radius 1 is 1.22 bits per heavy atom. The number of fused-ring (bicyclic) bond motifs is 1. The van der Waals surface area contributed by atoms with Gasteiger partial charge in [-0.3, -0.25) is 9.78 Å². The molecule has 0 radical (unpaired) electrons. The van der Waals surface area contributed by atoms with Crippen LogP contribution in [0.5, 0.6) is 0 Å². The second-order valence-electron chi connectivity index (χ2n) is 5.66. The molecule has 0 saturated carbocycles. The Balaban J connectivity index is 1.98. The van der Waals surface area contributed by atoms with Crippen LogP contribution in [-0.4, -0.2) is 14.5 Å². The van der Waals surface area contributed by atoms with Crippen molar-refractivity contribution in [2.75, 3.05) is 5.32 Å². The smallest absolute Gasteiger partial charge is 0.293 e. The molecule has 0 saturated heterocycles. The van der Waals surface area contributed by atoms with Crippen LogP contribution in [0.3, 0.4) is 0 Å². The summed E-state index contributed by atoms with van der Waals surface area (Å²) in [7, 11) is 0. The molecule has 2 heterocycles. The van der Waals surface area contributed by atoms with Crippen molar-refractivity contribution in [3.63, 3.8) is 0 Å². The first-order chi connectivity index (χ1) is 11.1. The van der Waals surface area contributed by atoms with Gasteiger partial charge in [-0.2, -0.15) is 0 Å². The topological polar surface area (TPSA) is 59.8 Å². The maximum atomic E-state index is 12.6. The third-order valence-electron chi connectivity index (χ3n) is 4.02. The standard InChI is InChI=1S/C18H20N4O/c1-4-22-16-11-19-8-7-15(16)21-17(18(22)23)20-10-14-9-12(2)5-6-13(14)3/h5-9,11H,4,10H2,1-3H3,(H,20,21). The third kappa shape index (κ3) is 2.95. The number of nitrogens with one attached hydrogen (secondary N) is 1. The molecule has 23 heavy (non-hydrogen) atoms. The molecule has 0 amide bonds. The van der Waals surface area contributed by atoms with Gasteiger partial charge in [-0.15, -0.1) is 0 Å². The van der Waals surface area contributed by atoms with Gasteiger partial charge in [0.1, 0.15) is 0 Å². The Bertz CT molecular complexity index is 915. The molecule has 0 aliphatic carbocycles. The van der Waals surface area contributed by atoms with E-state index >= 15 is 0 Å². The van der Waals surface area contributed by atoms with Gasteiger partial charge in [-0.25, -0.2) is 4.98 Å². The highest BCUT2D eigenvalue weighted by Gasteiger charge is 2.10. The number of anilines is 1. The van der Waals surface area contributed by atoms with Crippen LogP contribution in [0.15, 0.2) is 41.5 Å². The SMILES string of the molecule is CCn1c(=O)c(NCc2cc(C)ccc2C)nc2ccncc21. The third-order valence-corrected chi connectivity index (χ3v) is 4.02. The molecule has 5 heteroatoms. The van der Waals surface area contributed by atoms with Gasteiger partial charge in [0, 0.05) is 19.3 Å². The molecule has 1 aromatic carbocycles. The lowest BCUT2D eigenvalue weighted by Gasteiger charge is -2.12. The molecule has 118 valence electrons. The van der Waals surface area contributed by atoms with Crippen LogP contribution in [0.1, 0.15) is 23.6 Å². The van der Waals surface area contributed by atoms with E-state index in [-0.39, 0.29) is 5.56 Å². The van der Waals surface area contributed by atoms with Gasteiger partial charge in [0.05, 0.1) is 17.2 Å². The van der Waals surface area contributed by atoms with Gasteiger partial charge < -0.3 is 9.88 Å². The molecule has 5 nitrogen and oxygen atoms in total. The van der Waals surface area contributed by atoms with Crippen LogP contribution in [0.4, 0.5) is 5.82 Å². The predicted octanol–water partition coefficient (Wildman–Crippen LogP) is 3.04. The fraction of sp³-hybridized carbons (Fsp3) is 0.278. The zero-order valence-electron chi connectivity index (χ0n) is 13.6. The highest BCUT2D eigenvalue weighted by atomic mass is 16.1. The van der Waals surface area contributed by atoms with Gasteiger partial charge in [-0.1, -0.05) is 23.8 Å². The number of rotatable bonds is 4. The van der Waals surface area contributed by atoms with E-state index in [1.54, 1.807) is 17.0 Å². The molecule has 3 aromatic rings. The van der Waals surface area contributed by atoms with E-state index in [0.29, 0.717) is 18.9 Å².